The Balaban J connectivity index is 2.85. The Bertz CT molecular complexity index is 439. The Morgan fingerprint density at radius 2 is 1.78 bits per heavy atom. The Morgan fingerprint density at radius 3 is 2.33 bits per heavy atom. The average Bonchev–Trinajstić information content (AvgIpc) is 2.43. The molecule has 0 N–H and O–H groups in total. The minimum absolute atomic E-state index is 0.0513. The fourth-order valence-corrected chi connectivity index (χ4v) is 1.48. The largest absolute Gasteiger partial charge is 0.497 e. The first kappa shape index (κ1) is 14.0. The van der Waals surface area contributed by atoms with Gasteiger partial charge in [-0.25, -0.2) is 0 Å². The van der Waals surface area contributed by atoms with Gasteiger partial charge in [-0.3, -0.25) is 9.59 Å². The highest BCUT2D eigenvalue weighted by atomic mass is 16.5. The number of ketones is 1. The molecule has 0 aliphatic carbocycles. The van der Waals surface area contributed by atoms with E-state index in [1.165, 1.54) is 21.3 Å². The van der Waals surface area contributed by atoms with E-state index in [-0.39, 0.29) is 18.6 Å². The van der Waals surface area contributed by atoms with Crippen LogP contribution in [-0.4, -0.2) is 33.1 Å². The first-order valence-electron chi connectivity index (χ1n) is 5.44. The van der Waals surface area contributed by atoms with E-state index in [4.69, 9.17) is 9.47 Å². The molecular weight excluding hydrogens is 236 g/mol. The summed E-state index contributed by atoms with van der Waals surface area (Å²) in [6, 6.07) is 4.96. The maximum absolute atomic E-state index is 12.0. The molecule has 5 heteroatoms. The van der Waals surface area contributed by atoms with Crippen LogP contribution in [0.1, 0.15) is 23.2 Å². The zero-order valence-corrected chi connectivity index (χ0v) is 10.7. The molecule has 0 fully saturated rings. The lowest BCUT2D eigenvalue weighted by Gasteiger charge is -2.09. The van der Waals surface area contributed by atoms with Crippen molar-refractivity contribution in [1.29, 1.82) is 0 Å². The van der Waals surface area contributed by atoms with Crippen molar-refractivity contribution in [2.45, 2.75) is 12.8 Å². The predicted molar refractivity (Wildman–Crippen MR) is 65.1 cm³/mol. The molecule has 0 heterocycles. The molecule has 0 atom stereocenters. The summed E-state index contributed by atoms with van der Waals surface area (Å²) in [5, 5.41) is 0. The van der Waals surface area contributed by atoms with Crippen molar-refractivity contribution in [2.75, 3.05) is 21.3 Å². The number of hydrogen-bond acceptors (Lipinski definition) is 5. The van der Waals surface area contributed by atoms with Gasteiger partial charge in [-0.05, 0) is 18.2 Å². The molecular formula is C13H16O5. The van der Waals surface area contributed by atoms with Gasteiger partial charge >= 0.3 is 5.97 Å². The molecule has 1 aromatic rings. The van der Waals surface area contributed by atoms with E-state index < -0.39 is 5.97 Å². The summed E-state index contributed by atoms with van der Waals surface area (Å²) in [6.45, 7) is 0. The number of carbonyl (C=O) groups is 2. The van der Waals surface area contributed by atoms with Gasteiger partial charge in [0.25, 0.3) is 0 Å². The third-order valence-electron chi connectivity index (χ3n) is 2.49. The predicted octanol–water partition coefficient (Wildman–Crippen LogP) is 1.84. The molecule has 0 saturated carbocycles. The van der Waals surface area contributed by atoms with Crippen LogP contribution < -0.4 is 9.47 Å². The normalized spacial score (nSPS) is 9.72. The number of hydrogen-bond donors (Lipinski definition) is 0. The lowest BCUT2D eigenvalue weighted by atomic mass is 10.1. The average molecular weight is 252 g/mol. The maximum atomic E-state index is 12.0. The monoisotopic (exact) mass is 252 g/mol. The van der Waals surface area contributed by atoms with Gasteiger partial charge in [0.1, 0.15) is 11.5 Å². The Hall–Kier alpha value is -2.04. The second-order valence-corrected chi connectivity index (χ2v) is 3.57. The van der Waals surface area contributed by atoms with Gasteiger partial charge in [0.15, 0.2) is 5.78 Å². The number of Topliss-reactive ketones (excluding diaryl/α,β-unsaturated/α-hetero) is 1. The number of rotatable bonds is 6. The van der Waals surface area contributed by atoms with E-state index in [1.54, 1.807) is 18.2 Å². The van der Waals surface area contributed by atoms with Gasteiger partial charge in [-0.15, -0.1) is 0 Å². The molecule has 0 unspecified atom stereocenters. The van der Waals surface area contributed by atoms with Crippen molar-refractivity contribution in [3.63, 3.8) is 0 Å². The zero-order chi connectivity index (χ0) is 13.5. The van der Waals surface area contributed by atoms with Gasteiger partial charge in [-0.2, -0.15) is 0 Å². The van der Waals surface area contributed by atoms with E-state index in [0.29, 0.717) is 17.1 Å². The number of ether oxygens (including phenoxy) is 3. The summed E-state index contributed by atoms with van der Waals surface area (Å²) in [4.78, 5) is 23.0. The summed E-state index contributed by atoms with van der Waals surface area (Å²) in [7, 11) is 4.29. The van der Waals surface area contributed by atoms with Crippen molar-refractivity contribution in [3.05, 3.63) is 23.8 Å². The second-order valence-electron chi connectivity index (χ2n) is 3.57. The van der Waals surface area contributed by atoms with E-state index in [9.17, 15) is 9.59 Å². The molecule has 0 aliphatic rings. The van der Waals surface area contributed by atoms with E-state index >= 15 is 0 Å². The van der Waals surface area contributed by atoms with Gasteiger partial charge in [0.05, 0.1) is 33.3 Å². The Kier molecular flexibility index (Phi) is 5.17. The number of benzene rings is 1. The van der Waals surface area contributed by atoms with Crippen molar-refractivity contribution >= 4 is 11.8 Å². The number of esters is 1. The van der Waals surface area contributed by atoms with Crippen LogP contribution >= 0.6 is 0 Å². The molecule has 1 rings (SSSR count). The van der Waals surface area contributed by atoms with Crippen molar-refractivity contribution in [2.24, 2.45) is 0 Å². The summed E-state index contributed by atoms with van der Waals surface area (Å²) in [5.41, 5.74) is 0.403. The van der Waals surface area contributed by atoms with E-state index in [0.717, 1.165) is 0 Å². The van der Waals surface area contributed by atoms with Gasteiger partial charge < -0.3 is 14.2 Å². The Labute approximate surface area is 106 Å². The molecule has 0 aliphatic heterocycles. The topological polar surface area (TPSA) is 61.8 Å². The van der Waals surface area contributed by atoms with E-state index in [1.807, 2.05) is 0 Å². The molecule has 98 valence electrons. The molecule has 0 bridgehead atoms. The van der Waals surface area contributed by atoms with Crippen LogP contribution in [0.3, 0.4) is 0 Å². The SMILES string of the molecule is COC(=O)CCC(=O)c1cc(OC)ccc1OC. The first-order chi connectivity index (χ1) is 8.62. The Morgan fingerprint density at radius 1 is 1.06 bits per heavy atom. The van der Waals surface area contributed by atoms with Crippen molar-refractivity contribution in [3.8, 4) is 11.5 Å². The highest BCUT2D eigenvalue weighted by Crippen LogP contribution is 2.25. The fraction of sp³-hybridized carbons (Fsp3) is 0.385. The van der Waals surface area contributed by atoms with Crippen LogP contribution in [0.25, 0.3) is 0 Å². The van der Waals surface area contributed by atoms with Crippen molar-refractivity contribution < 1.29 is 23.8 Å². The second kappa shape index (κ2) is 6.64. The first-order valence-corrected chi connectivity index (χ1v) is 5.44. The van der Waals surface area contributed by atoms with Crippen LogP contribution in [0.5, 0.6) is 11.5 Å². The lowest BCUT2D eigenvalue weighted by molar-refractivity contribution is -0.140. The van der Waals surface area contributed by atoms with Crippen molar-refractivity contribution in [1.82, 2.24) is 0 Å². The minimum atomic E-state index is -0.412. The molecule has 0 spiro atoms. The van der Waals surface area contributed by atoms with Gasteiger partial charge in [0.2, 0.25) is 0 Å². The molecule has 0 aromatic heterocycles. The third kappa shape index (κ3) is 3.48. The summed E-state index contributed by atoms with van der Waals surface area (Å²) >= 11 is 0. The highest BCUT2D eigenvalue weighted by Gasteiger charge is 2.15. The molecule has 0 amide bonds. The van der Waals surface area contributed by atoms with Gasteiger partial charge in [0, 0.05) is 6.42 Å². The number of methoxy groups -OCH3 is 3. The highest BCUT2D eigenvalue weighted by molar-refractivity contribution is 6.00. The summed E-state index contributed by atoms with van der Waals surface area (Å²) < 4.78 is 14.6. The molecule has 1 aromatic carbocycles. The molecule has 0 radical (unpaired) electrons. The van der Waals surface area contributed by atoms with Gasteiger partial charge in [-0.1, -0.05) is 0 Å². The van der Waals surface area contributed by atoms with Crippen LogP contribution in [-0.2, 0) is 9.53 Å². The minimum Gasteiger partial charge on any atom is -0.497 e. The molecule has 5 nitrogen and oxygen atoms in total. The van der Waals surface area contributed by atoms with Crippen LogP contribution in [0.15, 0.2) is 18.2 Å². The van der Waals surface area contributed by atoms with Crippen LogP contribution in [0.2, 0.25) is 0 Å². The smallest absolute Gasteiger partial charge is 0.305 e. The summed E-state index contributed by atoms with van der Waals surface area (Å²) in [6.07, 6.45) is 0.131. The standard InChI is InChI=1S/C13H16O5/c1-16-9-4-6-12(17-2)10(8-9)11(14)5-7-13(15)18-3/h4,6,8H,5,7H2,1-3H3. The fourth-order valence-electron chi connectivity index (χ4n) is 1.48. The maximum Gasteiger partial charge on any atom is 0.305 e. The summed E-state index contributed by atoms with van der Waals surface area (Å²) in [5.74, 6) is 0.434. The number of carbonyl (C=O) groups excluding carboxylic acids is 2. The van der Waals surface area contributed by atoms with Crippen LogP contribution in [0.4, 0.5) is 0 Å². The van der Waals surface area contributed by atoms with E-state index in [2.05, 4.69) is 4.74 Å². The lowest BCUT2D eigenvalue weighted by Crippen LogP contribution is -2.07. The quantitative estimate of drug-likeness (QED) is 0.571. The third-order valence-corrected chi connectivity index (χ3v) is 2.49. The van der Waals surface area contributed by atoms with Crippen LogP contribution in [0, 0.1) is 0 Å². The zero-order valence-electron chi connectivity index (χ0n) is 10.7. The molecule has 0 saturated heterocycles. The molecule has 18 heavy (non-hydrogen) atoms.